The Hall–Kier alpha value is -0.805. The van der Waals surface area contributed by atoms with Crippen LogP contribution in [0.4, 0.5) is 0 Å². The lowest BCUT2D eigenvalue weighted by molar-refractivity contribution is -0.145. The average molecular weight is 224 g/mol. The molecule has 16 heavy (non-hydrogen) atoms. The fourth-order valence-electron chi connectivity index (χ4n) is 2.40. The van der Waals surface area contributed by atoms with Crippen molar-refractivity contribution in [3.05, 3.63) is 11.6 Å². The quantitative estimate of drug-likeness (QED) is 0.404. The van der Waals surface area contributed by atoms with E-state index in [1.165, 1.54) is 12.7 Å². The minimum atomic E-state index is -0.278. The third-order valence-electron chi connectivity index (χ3n) is 3.26. The third-order valence-corrected chi connectivity index (χ3v) is 3.26. The van der Waals surface area contributed by atoms with Crippen molar-refractivity contribution in [3.63, 3.8) is 0 Å². The van der Waals surface area contributed by atoms with E-state index in [1.54, 1.807) is 0 Å². The molecule has 0 spiro atoms. The zero-order valence-electron chi connectivity index (χ0n) is 9.77. The summed E-state index contributed by atoms with van der Waals surface area (Å²) in [5.74, 6) is -0.284. The van der Waals surface area contributed by atoms with Crippen molar-refractivity contribution in [2.24, 2.45) is 5.92 Å². The zero-order chi connectivity index (χ0) is 11.5. The summed E-state index contributed by atoms with van der Waals surface area (Å²) >= 11 is 0. The van der Waals surface area contributed by atoms with E-state index in [2.05, 4.69) is 13.0 Å². The first-order valence-electron chi connectivity index (χ1n) is 5.70. The molecule has 0 aromatic rings. The fourth-order valence-corrected chi connectivity index (χ4v) is 2.40. The Labute approximate surface area is 96.1 Å². The molecule has 4 nitrogen and oxygen atoms in total. The lowest BCUT2D eigenvalue weighted by Gasteiger charge is -2.28. The SMILES string of the molecule is COC(=O)C1CCC(C)=CC1B1OCCO1. The Bertz CT molecular complexity index is 296. The van der Waals surface area contributed by atoms with Crippen LogP contribution in [0.5, 0.6) is 0 Å². The molecule has 1 fully saturated rings. The Morgan fingerprint density at radius 1 is 1.50 bits per heavy atom. The molecule has 1 saturated heterocycles. The minimum Gasteiger partial charge on any atom is -0.469 e. The van der Waals surface area contributed by atoms with Crippen molar-refractivity contribution in [2.75, 3.05) is 20.3 Å². The lowest BCUT2D eigenvalue weighted by atomic mass is 9.61. The van der Waals surface area contributed by atoms with Crippen LogP contribution in [0, 0.1) is 5.92 Å². The van der Waals surface area contributed by atoms with Gasteiger partial charge in [-0.2, -0.15) is 0 Å². The van der Waals surface area contributed by atoms with Gasteiger partial charge < -0.3 is 14.0 Å². The highest BCUT2D eigenvalue weighted by Crippen LogP contribution is 2.37. The van der Waals surface area contributed by atoms with E-state index in [1.807, 2.05) is 0 Å². The number of rotatable bonds is 2. The Morgan fingerprint density at radius 3 is 2.81 bits per heavy atom. The van der Waals surface area contributed by atoms with Gasteiger partial charge in [0.2, 0.25) is 0 Å². The summed E-state index contributed by atoms with van der Waals surface area (Å²) in [6.45, 7) is 3.30. The van der Waals surface area contributed by atoms with Gasteiger partial charge in [-0.05, 0) is 19.8 Å². The maximum atomic E-state index is 11.7. The molecule has 0 aromatic carbocycles. The lowest BCUT2D eigenvalue weighted by Crippen LogP contribution is -2.34. The number of methoxy groups -OCH3 is 1. The van der Waals surface area contributed by atoms with Crippen LogP contribution in [0.3, 0.4) is 0 Å². The van der Waals surface area contributed by atoms with Crippen molar-refractivity contribution < 1.29 is 18.8 Å². The van der Waals surface area contributed by atoms with Crippen LogP contribution in [0.2, 0.25) is 5.82 Å². The molecular formula is C11H17BO4. The van der Waals surface area contributed by atoms with Crippen molar-refractivity contribution in [1.29, 1.82) is 0 Å². The first-order valence-corrected chi connectivity index (χ1v) is 5.70. The van der Waals surface area contributed by atoms with E-state index in [0.29, 0.717) is 13.2 Å². The monoisotopic (exact) mass is 224 g/mol. The van der Waals surface area contributed by atoms with Crippen molar-refractivity contribution in [1.82, 2.24) is 0 Å². The molecule has 2 unspecified atom stereocenters. The van der Waals surface area contributed by atoms with Crippen molar-refractivity contribution >= 4 is 13.1 Å². The third kappa shape index (κ3) is 2.30. The molecule has 0 N–H and O–H groups in total. The second kappa shape index (κ2) is 5.02. The summed E-state index contributed by atoms with van der Waals surface area (Å²) < 4.78 is 15.8. The summed E-state index contributed by atoms with van der Waals surface area (Å²) in [4.78, 5) is 11.7. The number of ether oxygens (including phenoxy) is 1. The normalized spacial score (nSPS) is 30.1. The van der Waals surface area contributed by atoms with Crippen LogP contribution in [0.1, 0.15) is 19.8 Å². The molecular weight excluding hydrogens is 207 g/mol. The Kier molecular flexibility index (Phi) is 3.66. The average Bonchev–Trinajstić information content (AvgIpc) is 2.81. The first kappa shape index (κ1) is 11.7. The summed E-state index contributed by atoms with van der Waals surface area (Å²) in [6, 6.07) is 0. The highest BCUT2D eigenvalue weighted by atomic mass is 16.6. The predicted octanol–water partition coefficient (Wildman–Crippen LogP) is 1.42. The molecule has 2 aliphatic rings. The predicted molar refractivity (Wildman–Crippen MR) is 59.9 cm³/mol. The second-order valence-corrected chi connectivity index (χ2v) is 4.37. The largest absolute Gasteiger partial charge is 0.469 e. The molecule has 0 saturated carbocycles. The van der Waals surface area contributed by atoms with Gasteiger partial charge in [0.15, 0.2) is 0 Å². The molecule has 0 amide bonds. The van der Waals surface area contributed by atoms with Gasteiger partial charge >= 0.3 is 13.1 Å². The van der Waals surface area contributed by atoms with Crippen molar-refractivity contribution in [2.45, 2.75) is 25.6 Å². The van der Waals surface area contributed by atoms with Gasteiger partial charge in [0.25, 0.3) is 0 Å². The topological polar surface area (TPSA) is 44.8 Å². The standard InChI is InChI=1S/C11H17BO4/c1-8-3-4-9(11(13)14-2)10(7-8)12-15-5-6-16-12/h7,9-10H,3-6H2,1-2H3. The number of carbonyl (C=O) groups is 1. The van der Waals surface area contributed by atoms with E-state index in [9.17, 15) is 4.79 Å². The summed E-state index contributed by atoms with van der Waals surface area (Å²) in [5, 5.41) is 0. The van der Waals surface area contributed by atoms with E-state index in [4.69, 9.17) is 14.0 Å². The van der Waals surface area contributed by atoms with Gasteiger partial charge in [-0.1, -0.05) is 11.6 Å². The summed E-state index contributed by atoms with van der Waals surface area (Å²) in [7, 11) is 1.15. The highest BCUT2D eigenvalue weighted by Gasteiger charge is 2.42. The van der Waals surface area contributed by atoms with Crippen LogP contribution in [0.25, 0.3) is 0 Å². The number of carbonyl (C=O) groups excluding carboxylic acids is 1. The van der Waals surface area contributed by atoms with Gasteiger partial charge in [0.1, 0.15) is 0 Å². The van der Waals surface area contributed by atoms with Crippen LogP contribution in [0.15, 0.2) is 11.6 Å². The van der Waals surface area contributed by atoms with E-state index in [-0.39, 0.29) is 24.8 Å². The van der Waals surface area contributed by atoms with E-state index < -0.39 is 0 Å². The van der Waals surface area contributed by atoms with Crippen LogP contribution in [-0.2, 0) is 18.8 Å². The highest BCUT2D eigenvalue weighted by molar-refractivity contribution is 6.48. The molecule has 2 atom stereocenters. The number of hydrogen-bond donors (Lipinski definition) is 0. The Balaban J connectivity index is 2.14. The van der Waals surface area contributed by atoms with Crippen molar-refractivity contribution in [3.8, 4) is 0 Å². The molecule has 0 radical (unpaired) electrons. The molecule has 2 rings (SSSR count). The van der Waals surface area contributed by atoms with Gasteiger partial charge in [-0.25, -0.2) is 0 Å². The van der Waals surface area contributed by atoms with Crippen LogP contribution >= 0.6 is 0 Å². The Morgan fingerprint density at radius 2 is 2.19 bits per heavy atom. The summed E-state index contributed by atoms with van der Waals surface area (Å²) in [6.07, 6.45) is 3.87. The maximum Gasteiger partial charge on any atom is 0.465 e. The van der Waals surface area contributed by atoms with E-state index in [0.717, 1.165) is 12.8 Å². The molecule has 1 heterocycles. The van der Waals surface area contributed by atoms with E-state index >= 15 is 0 Å². The summed E-state index contributed by atoms with van der Waals surface area (Å²) in [5.41, 5.74) is 1.30. The van der Waals surface area contributed by atoms with Crippen LogP contribution < -0.4 is 0 Å². The molecule has 0 aromatic heterocycles. The number of esters is 1. The van der Waals surface area contributed by atoms with Gasteiger partial charge in [0, 0.05) is 5.82 Å². The van der Waals surface area contributed by atoms with Gasteiger partial charge in [-0.15, -0.1) is 0 Å². The first-order chi connectivity index (χ1) is 7.72. The molecule has 1 aliphatic heterocycles. The van der Waals surface area contributed by atoms with Gasteiger partial charge in [0.05, 0.1) is 26.2 Å². The number of hydrogen-bond acceptors (Lipinski definition) is 4. The van der Waals surface area contributed by atoms with Crippen LogP contribution in [-0.4, -0.2) is 33.4 Å². The molecule has 0 bridgehead atoms. The smallest absolute Gasteiger partial charge is 0.465 e. The fraction of sp³-hybridized carbons (Fsp3) is 0.727. The molecule has 1 aliphatic carbocycles. The van der Waals surface area contributed by atoms with Gasteiger partial charge in [-0.3, -0.25) is 4.79 Å². The minimum absolute atomic E-state index is 0.00343. The molecule has 5 heteroatoms. The zero-order valence-corrected chi connectivity index (χ0v) is 9.77. The number of allylic oxidation sites excluding steroid dienone is 2. The second-order valence-electron chi connectivity index (χ2n) is 4.37. The maximum absolute atomic E-state index is 11.7. The molecule has 88 valence electrons.